The largest absolute Gasteiger partial charge is 0.505 e. The number of likely N-dealkylation sites (N-methyl/N-ethyl adjacent to an activating group) is 1. The van der Waals surface area contributed by atoms with Crippen LogP contribution in [-0.4, -0.2) is 90.4 Å². The Morgan fingerprint density at radius 2 is 1.81 bits per heavy atom. The Labute approximate surface area is 206 Å². The zero-order valence-corrected chi connectivity index (χ0v) is 20.3. The number of Topliss-reactive ketones (excluding diaryl/α,β-unsaturated/α-hetero) is 4. The number of amides is 2. The highest BCUT2D eigenvalue weighted by atomic mass is 16.3. The quantitative estimate of drug-likeness (QED) is 0.210. The highest BCUT2D eigenvalue weighted by Crippen LogP contribution is 2.52. The molecule has 0 heterocycles. The van der Waals surface area contributed by atoms with Gasteiger partial charge in [-0.2, -0.15) is 0 Å². The monoisotopic (exact) mass is 500 g/mol. The van der Waals surface area contributed by atoms with Crippen LogP contribution in [0.4, 0.5) is 11.4 Å². The van der Waals surface area contributed by atoms with Crippen molar-refractivity contribution in [3.05, 3.63) is 17.2 Å². The average Bonchev–Trinajstić information content (AvgIpc) is 2.77. The van der Waals surface area contributed by atoms with Crippen LogP contribution in [0.15, 0.2) is 6.07 Å². The number of anilines is 2. The van der Waals surface area contributed by atoms with E-state index in [1.807, 2.05) is 0 Å². The molecule has 2 fully saturated rings. The molecule has 1 aromatic carbocycles. The number of aliphatic hydroxyl groups is 1. The van der Waals surface area contributed by atoms with Crippen LogP contribution >= 0.6 is 0 Å². The predicted molar refractivity (Wildman–Crippen MR) is 125 cm³/mol. The summed E-state index contributed by atoms with van der Waals surface area (Å²) in [5.74, 6) is -11.3. The minimum atomic E-state index is -2.78. The summed E-state index contributed by atoms with van der Waals surface area (Å²) in [7, 11) is 6.48. The summed E-state index contributed by atoms with van der Waals surface area (Å²) >= 11 is 0. The molecule has 4 unspecified atom stereocenters. The summed E-state index contributed by atoms with van der Waals surface area (Å²) in [5, 5.41) is 24.7. The van der Waals surface area contributed by atoms with Crippen LogP contribution in [0.3, 0.4) is 0 Å². The van der Waals surface area contributed by atoms with Gasteiger partial charge in [0.05, 0.1) is 23.2 Å². The van der Waals surface area contributed by atoms with Gasteiger partial charge in [0, 0.05) is 25.7 Å². The summed E-state index contributed by atoms with van der Waals surface area (Å²) in [6, 6.07) is 0.345. The van der Waals surface area contributed by atoms with Crippen LogP contribution in [0, 0.1) is 23.7 Å². The van der Waals surface area contributed by atoms with E-state index in [0.29, 0.717) is 17.7 Å². The molecule has 0 aromatic heterocycles. The van der Waals surface area contributed by atoms with Gasteiger partial charge in [0.25, 0.3) is 0 Å². The molecule has 0 aliphatic heterocycles. The van der Waals surface area contributed by atoms with Crippen molar-refractivity contribution in [2.24, 2.45) is 29.4 Å². The lowest BCUT2D eigenvalue weighted by molar-refractivity contribution is -0.181. The summed E-state index contributed by atoms with van der Waals surface area (Å²) in [6.45, 7) is 0. The Kier molecular flexibility index (Phi) is 6.00. The van der Waals surface area contributed by atoms with E-state index in [1.165, 1.54) is 25.1 Å². The predicted octanol–water partition coefficient (Wildman–Crippen LogP) is -1.50. The Bertz CT molecular complexity index is 1220. The number of rotatable bonds is 5. The van der Waals surface area contributed by atoms with Gasteiger partial charge >= 0.3 is 0 Å². The average molecular weight is 501 g/mol. The molecule has 2 saturated carbocycles. The van der Waals surface area contributed by atoms with Gasteiger partial charge in [0.1, 0.15) is 5.75 Å². The van der Waals surface area contributed by atoms with Crippen molar-refractivity contribution in [2.75, 3.05) is 38.4 Å². The Morgan fingerprint density at radius 3 is 2.33 bits per heavy atom. The van der Waals surface area contributed by atoms with Crippen LogP contribution < -0.4 is 16.0 Å². The molecule has 12 heteroatoms. The van der Waals surface area contributed by atoms with Gasteiger partial charge in [0.15, 0.2) is 34.7 Å². The summed E-state index contributed by atoms with van der Waals surface area (Å²) in [4.78, 5) is 80.1. The fourth-order valence-corrected chi connectivity index (χ4v) is 6.22. The molecule has 0 radical (unpaired) electrons. The second kappa shape index (κ2) is 8.49. The molecule has 12 nitrogen and oxygen atoms in total. The molecule has 0 saturated heterocycles. The molecule has 5 N–H and O–H groups in total. The Morgan fingerprint density at radius 1 is 1.17 bits per heavy atom. The maximum atomic E-state index is 13.8. The van der Waals surface area contributed by atoms with Gasteiger partial charge in [-0.15, -0.1) is 0 Å². The first-order valence-corrected chi connectivity index (χ1v) is 11.4. The number of nitrogens with zero attached hydrogens (tertiary/aromatic N) is 2. The molecule has 2 amide bonds. The minimum Gasteiger partial charge on any atom is -0.505 e. The van der Waals surface area contributed by atoms with Gasteiger partial charge in [-0.25, -0.2) is 0 Å². The molecule has 6 atom stereocenters. The highest BCUT2D eigenvalue weighted by Gasteiger charge is 2.69. The fourth-order valence-electron chi connectivity index (χ4n) is 6.22. The highest BCUT2D eigenvalue weighted by molar-refractivity contribution is 6.32. The first-order chi connectivity index (χ1) is 16.8. The summed E-state index contributed by atoms with van der Waals surface area (Å²) in [5.41, 5.74) is 3.28. The Balaban J connectivity index is 1.91. The molecular weight excluding hydrogens is 472 g/mol. The molecule has 3 aliphatic rings. The van der Waals surface area contributed by atoms with Crippen molar-refractivity contribution in [1.82, 2.24) is 4.90 Å². The van der Waals surface area contributed by atoms with Crippen LogP contribution in [-0.2, 0) is 30.4 Å². The van der Waals surface area contributed by atoms with Crippen LogP contribution in [0.25, 0.3) is 0 Å². The number of carbonyl (C=O) groups is 6. The maximum Gasteiger partial charge on any atom is 0.235 e. The lowest BCUT2D eigenvalue weighted by atomic mass is 9.52. The van der Waals surface area contributed by atoms with Gasteiger partial charge in [-0.1, -0.05) is 0 Å². The molecule has 0 spiro atoms. The number of ketones is 4. The first kappa shape index (κ1) is 25.5. The van der Waals surface area contributed by atoms with Crippen molar-refractivity contribution >= 4 is 46.8 Å². The molecule has 1 aromatic rings. The molecule has 3 aliphatic carbocycles. The number of nitrogens with one attached hydrogen (secondary N) is 1. The van der Waals surface area contributed by atoms with E-state index in [4.69, 9.17) is 5.73 Å². The number of nitrogens with two attached hydrogens (primary N) is 1. The number of phenols is 1. The van der Waals surface area contributed by atoms with E-state index in [0.717, 1.165) is 0 Å². The summed E-state index contributed by atoms with van der Waals surface area (Å²) < 4.78 is 0. The maximum absolute atomic E-state index is 13.8. The number of carbonyl (C=O) groups excluding carboxylic acids is 6. The van der Waals surface area contributed by atoms with E-state index in [9.17, 15) is 39.0 Å². The van der Waals surface area contributed by atoms with E-state index in [1.54, 1.807) is 19.0 Å². The number of hydrogen-bond acceptors (Lipinski definition) is 10. The van der Waals surface area contributed by atoms with Crippen molar-refractivity contribution < 1.29 is 39.0 Å². The number of primary amides is 1. The lowest BCUT2D eigenvalue weighted by Gasteiger charge is -2.52. The van der Waals surface area contributed by atoms with E-state index < -0.39 is 70.1 Å². The standard InChI is InChI=1S/C24H28N4O8/c1-27(2)13-7-12(26-8-29)18(30)15-10(13)5-9-6-11-17(28(3)4)20(32)16(23(25)35)22(34)24(11,36)21(33)14(9)19(15)31/h7-9,11,14,16-17,30,36H,5-6H2,1-4H3,(H2,25,35)(H,26,29)/t9?,11?,14?,16?,17-,24-/m0/s1. The van der Waals surface area contributed by atoms with Gasteiger partial charge in [-0.05, 0) is 44.5 Å². The zero-order valence-electron chi connectivity index (χ0n) is 20.3. The third kappa shape index (κ3) is 3.28. The zero-order chi connectivity index (χ0) is 26.9. The van der Waals surface area contributed by atoms with Gasteiger partial charge in [-0.3, -0.25) is 33.7 Å². The van der Waals surface area contributed by atoms with Crippen LogP contribution in [0.1, 0.15) is 22.3 Å². The fraction of sp³-hybridized carbons (Fsp3) is 0.500. The van der Waals surface area contributed by atoms with Crippen molar-refractivity contribution in [2.45, 2.75) is 24.5 Å². The topological polar surface area (TPSA) is 187 Å². The molecular formula is C24H28N4O8. The smallest absolute Gasteiger partial charge is 0.235 e. The number of fused-ring (bicyclic) bond motifs is 3. The van der Waals surface area contributed by atoms with E-state index in [-0.39, 0.29) is 24.1 Å². The van der Waals surface area contributed by atoms with Crippen molar-refractivity contribution in [1.29, 1.82) is 0 Å². The van der Waals surface area contributed by atoms with Crippen LogP contribution in [0.5, 0.6) is 5.75 Å². The van der Waals surface area contributed by atoms with Gasteiger partial charge < -0.3 is 26.2 Å². The van der Waals surface area contributed by atoms with Crippen molar-refractivity contribution in [3.63, 3.8) is 0 Å². The third-order valence-corrected chi connectivity index (χ3v) is 7.73. The second-order valence-electron chi connectivity index (χ2n) is 10.1. The van der Waals surface area contributed by atoms with Crippen molar-refractivity contribution in [3.8, 4) is 5.75 Å². The molecule has 36 heavy (non-hydrogen) atoms. The van der Waals surface area contributed by atoms with Gasteiger partial charge in [0.2, 0.25) is 12.3 Å². The van der Waals surface area contributed by atoms with Crippen LogP contribution in [0.2, 0.25) is 0 Å². The normalized spacial score (nSPS) is 31.4. The Hall–Kier alpha value is -3.64. The molecule has 0 bridgehead atoms. The third-order valence-electron chi connectivity index (χ3n) is 7.73. The molecule has 192 valence electrons. The SMILES string of the molecule is CN(C)c1cc(NC=O)c(O)c2c1CC1CC3[C@H](N(C)C)C(=O)C(C(N)=O)C(=O)[C@@]3(O)C(=O)C1C2=O. The number of hydrogen-bond donors (Lipinski definition) is 4. The number of phenolic OH excluding ortho intramolecular Hbond substituents is 1. The minimum absolute atomic E-state index is 0.0358. The first-order valence-electron chi connectivity index (χ1n) is 11.4. The summed E-state index contributed by atoms with van der Waals surface area (Å²) in [6.07, 6.45) is 0.430. The number of aromatic hydroxyl groups is 1. The second-order valence-corrected chi connectivity index (χ2v) is 10.1. The van der Waals surface area contributed by atoms with E-state index >= 15 is 0 Å². The lowest BCUT2D eigenvalue weighted by Crippen LogP contribution is -2.74. The number of benzene rings is 1. The molecule has 4 rings (SSSR count). The van der Waals surface area contributed by atoms with E-state index in [2.05, 4.69) is 5.32 Å².